The molecule has 10 nitrogen and oxygen atoms in total. The van der Waals surface area contributed by atoms with Crippen molar-refractivity contribution in [3.05, 3.63) is 116 Å². The summed E-state index contributed by atoms with van der Waals surface area (Å²) in [7, 11) is -3.96. The second kappa shape index (κ2) is 11.0. The number of pyridine rings is 1. The lowest BCUT2D eigenvalue weighted by Gasteiger charge is -2.11. The number of nitrogens with one attached hydrogen (secondary N) is 1. The summed E-state index contributed by atoms with van der Waals surface area (Å²) in [5, 5.41) is 19.3. The van der Waals surface area contributed by atoms with E-state index in [-0.39, 0.29) is 39.5 Å². The Hall–Kier alpha value is -4.26. The van der Waals surface area contributed by atoms with Crippen LogP contribution >= 0.6 is 15.9 Å². The van der Waals surface area contributed by atoms with Crippen LogP contribution < -0.4 is 10.5 Å². The quantitative estimate of drug-likeness (QED) is 0.169. The van der Waals surface area contributed by atoms with Crippen molar-refractivity contribution in [2.24, 2.45) is 5.14 Å². The number of carbonyl (C=O) groups is 2. The van der Waals surface area contributed by atoms with E-state index in [1.807, 2.05) is 0 Å². The number of rotatable bonds is 8. The van der Waals surface area contributed by atoms with Gasteiger partial charge in [-0.15, -0.1) is 0 Å². The number of sulfonamides is 1. The van der Waals surface area contributed by atoms with Crippen molar-refractivity contribution in [3.63, 3.8) is 0 Å². The van der Waals surface area contributed by atoms with Crippen molar-refractivity contribution < 1.29 is 22.9 Å². The van der Waals surface area contributed by atoms with Crippen molar-refractivity contribution in [2.75, 3.05) is 5.32 Å². The lowest BCUT2D eigenvalue weighted by molar-refractivity contribution is -0.384. The molecular formula is C26H19BrN4O6S. The summed E-state index contributed by atoms with van der Waals surface area (Å²) in [6.45, 7) is 0. The third kappa shape index (κ3) is 6.17. The summed E-state index contributed by atoms with van der Waals surface area (Å²) < 4.78 is 24.6. The molecule has 12 heteroatoms. The monoisotopic (exact) mass is 594 g/mol. The Balaban J connectivity index is 1.61. The second-order valence-electron chi connectivity index (χ2n) is 8.13. The minimum atomic E-state index is -3.96. The van der Waals surface area contributed by atoms with E-state index in [2.05, 4.69) is 26.2 Å². The molecule has 0 radical (unpaired) electrons. The number of ketones is 1. The molecule has 3 aromatic carbocycles. The number of hydrogen-bond acceptors (Lipinski definition) is 7. The molecule has 1 aromatic heterocycles. The molecule has 0 saturated heterocycles. The fraction of sp³-hybridized carbons (Fsp3) is 0.0385. The fourth-order valence-corrected chi connectivity index (χ4v) is 4.75. The third-order valence-corrected chi connectivity index (χ3v) is 7.01. The molecule has 0 spiro atoms. The van der Waals surface area contributed by atoms with E-state index in [4.69, 9.17) is 5.14 Å². The predicted molar refractivity (Wildman–Crippen MR) is 144 cm³/mol. The summed E-state index contributed by atoms with van der Waals surface area (Å²) in [6.07, 6.45) is 1.21. The summed E-state index contributed by atoms with van der Waals surface area (Å²) >= 11 is 3.26. The SMILES string of the molecule is NS(=O)(=O)c1ccccc1-c1ccc(C(=O)Cc2cc([N+](=O)[O-])ccc2C(=O)Nc2ccc(Br)cn2)cc1. The van der Waals surface area contributed by atoms with Gasteiger partial charge in [0.2, 0.25) is 10.0 Å². The van der Waals surface area contributed by atoms with Gasteiger partial charge in [-0.1, -0.05) is 42.5 Å². The zero-order chi connectivity index (χ0) is 27.4. The van der Waals surface area contributed by atoms with Gasteiger partial charge in [-0.3, -0.25) is 19.7 Å². The highest BCUT2D eigenvalue weighted by molar-refractivity contribution is 9.10. The summed E-state index contributed by atoms with van der Waals surface area (Å²) in [5.41, 5.74) is 1.18. The smallest absolute Gasteiger partial charge is 0.269 e. The molecule has 0 aliphatic carbocycles. The lowest BCUT2D eigenvalue weighted by Crippen LogP contribution is -2.17. The van der Waals surface area contributed by atoms with Crippen molar-refractivity contribution in [1.82, 2.24) is 4.98 Å². The van der Waals surface area contributed by atoms with Gasteiger partial charge in [0.05, 0.1) is 9.82 Å². The third-order valence-electron chi connectivity index (χ3n) is 5.58. The normalized spacial score (nSPS) is 11.1. The fourth-order valence-electron chi connectivity index (χ4n) is 3.76. The van der Waals surface area contributed by atoms with E-state index in [0.29, 0.717) is 11.1 Å². The Bertz CT molecular complexity index is 1660. The Labute approximate surface area is 225 Å². The topological polar surface area (TPSA) is 162 Å². The van der Waals surface area contributed by atoms with Crippen LogP contribution in [0.5, 0.6) is 0 Å². The molecule has 0 saturated carbocycles. The summed E-state index contributed by atoms with van der Waals surface area (Å²) in [6, 6.07) is 19.4. The van der Waals surface area contributed by atoms with E-state index in [1.54, 1.807) is 42.5 Å². The maximum atomic E-state index is 13.1. The van der Waals surface area contributed by atoms with Crippen LogP contribution in [0.25, 0.3) is 11.1 Å². The largest absolute Gasteiger partial charge is 0.307 e. The van der Waals surface area contributed by atoms with E-state index >= 15 is 0 Å². The Morgan fingerprint density at radius 3 is 2.34 bits per heavy atom. The van der Waals surface area contributed by atoms with Gasteiger partial charge >= 0.3 is 0 Å². The highest BCUT2D eigenvalue weighted by Crippen LogP contribution is 2.27. The minimum Gasteiger partial charge on any atom is -0.307 e. The number of aromatic nitrogens is 1. The zero-order valence-corrected chi connectivity index (χ0v) is 21.9. The average Bonchev–Trinajstić information content (AvgIpc) is 2.89. The maximum Gasteiger partial charge on any atom is 0.269 e. The lowest BCUT2D eigenvalue weighted by atomic mass is 9.96. The molecular weight excluding hydrogens is 576 g/mol. The van der Waals surface area contributed by atoms with Crippen LogP contribution in [0.4, 0.5) is 11.5 Å². The first-order valence-corrected chi connectivity index (χ1v) is 13.3. The highest BCUT2D eigenvalue weighted by Gasteiger charge is 2.20. The number of anilines is 1. The first-order chi connectivity index (χ1) is 18.0. The van der Waals surface area contributed by atoms with E-state index in [1.165, 1.54) is 42.6 Å². The van der Waals surface area contributed by atoms with Crippen molar-refractivity contribution in [1.29, 1.82) is 0 Å². The molecule has 0 bridgehead atoms. The minimum absolute atomic E-state index is 0.0495. The molecule has 0 aliphatic heterocycles. The number of non-ortho nitro benzene ring substituents is 1. The van der Waals surface area contributed by atoms with Crippen LogP contribution in [-0.2, 0) is 16.4 Å². The average molecular weight is 595 g/mol. The maximum absolute atomic E-state index is 13.1. The molecule has 1 heterocycles. The van der Waals surface area contributed by atoms with Gasteiger partial charge in [0.25, 0.3) is 11.6 Å². The standard InChI is InChI=1S/C26H19BrN4O6S/c27-19-9-12-25(29-15-19)30-26(33)22-11-10-20(31(34)35)13-18(22)14-23(32)17-7-5-16(6-8-17)21-3-1-2-4-24(21)38(28,36)37/h1-13,15H,14H2,(H2,28,36,37)(H,29,30,33). The van der Waals surface area contributed by atoms with Crippen molar-refractivity contribution in [2.45, 2.75) is 11.3 Å². The molecule has 4 aromatic rings. The van der Waals surface area contributed by atoms with Gasteiger partial charge in [-0.25, -0.2) is 18.5 Å². The zero-order valence-electron chi connectivity index (χ0n) is 19.5. The molecule has 0 unspecified atom stereocenters. The number of carbonyl (C=O) groups excluding carboxylic acids is 2. The van der Waals surface area contributed by atoms with Gasteiger partial charge in [0.15, 0.2) is 5.78 Å². The summed E-state index contributed by atoms with van der Waals surface area (Å²) in [5.74, 6) is -0.704. The summed E-state index contributed by atoms with van der Waals surface area (Å²) in [4.78, 5) is 40.8. The number of nitro benzene ring substituents is 1. The molecule has 0 fully saturated rings. The van der Waals surface area contributed by atoms with Crippen LogP contribution in [0.15, 0.2) is 94.4 Å². The molecule has 3 N–H and O–H groups in total. The Kier molecular flexibility index (Phi) is 7.76. The number of nitrogens with zero attached hydrogens (tertiary/aromatic N) is 2. The van der Waals surface area contributed by atoms with Crippen LogP contribution in [0.2, 0.25) is 0 Å². The van der Waals surface area contributed by atoms with Crippen LogP contribution in [0.1, 0.15) is 26.3 Å². The van der Waals surface area contributed by atoms with Crippen LogP contribution in [0.3, 0.4) is 0 Å². The number of halogens is 1. The van der Waals surface area contributed by atoms with E-state index in [0.717, 1.165) is 4.47 Å². The first kappa shape index (κ1) is 26.8. The first-order valence-electron chi connectivity index (χ1n) is 11.0. The van der Waals surface area contributed by atoms with Gasteiger partial charge in [-0.05, 0) is 51.3 Å². The van der Waals surface area contributed by atoms with Crippen LogP contribution in [0, 0.1) is 10.1 Å². The second-order valence-corrected chi connectivity index (χ2v) is 10.6. The predicted octanol–water partition coefficient (Wildman–Crippen LogP) is 4.74. The van der Waals surface area contributed by atoms with Crippen LogP contribution in [-0.4, -0.2) is 30.0 Å². The van der Waals surface area contributed by atoms with Crippen molar-refractivity contribution in [3.8, 4) is 11.1 Å². The number of amides is 1. The Morgan fingerprint density at radius 1 is 1.00 bits per heavy atom. The molecule has 1 amide bonds. The van der Waals surface area contributed by atoms with Gasteiger partial charge in [-0.2, -0.15) is 0 Å². The molecule has 0 aliphatic rings. The van der Waals surface area contributed by atoms with Gasteiger partial charge in [0.1, 0.15) is 5.82 Å². The number of nitro groups is 1. The molecule has 0 atom stereocenters. The number of Topliss-reactive ketones (excluding diaryl/α,β-unsaturated/α-hetero) is 1. The highest BCUT2D eigenvalue weighted by atomic mass is 79.9. The molecule has 4 rings (SSSR count). The van der Waals surface area contributed by atoms with E-state index < -0.39 is 26.6 Å². The number of nitrogens with two attached hydrogens (primary N) is 1. The van der Waals surface area contributed by atoms with Gasteiger partial charge in [0, 0.05) is 45.9 Å². The molecule has 38 heavy (non-hydrogen) atoms. The van der Waals surface area contributed by atoms with Gasteiger partial charge < -0.3 is 5.32 Å². The van der Waals surface area contributed by atoms with Crippen molar-refractivity contribution >= 4 is 49.1 Å². The Morgan fingerprint density at radius 2 is 1.71 bits per heavy atom. The number of benzene rings is 3. The van der Waals surface area contributed by atoms with E-state index in [9.17, 15) is 28.1 Å². The number of primary sulfonamides is 1. The number of hydrogen-bond donors (Lipinski definition) is 2. The molecule has 192 valence electrons.